The number of aromatic nitrogens is 2. The van der Waals surface area contributed by atoms with Crippen LogP contribution in [-0.2, 0) is 6.54 Å². The van der Waals surface area contributed by atoms with Crippen LogP contribution in [0.5, 0.6) is 5.75 Å². The molecule has 0 aliphatic heterocycles. The van der Waals surface area contributed by atoms with Crippen LogP contribution >= 0.6 is 23.2 Å². The number of hydrogen-bond donors (Lipinski definition) is 2. The van der Waals surface area contributed by atoms with Crippen LogP contribution < -0.4 is 15.8 Å². The number of hydrogen-bond acceptors (Lipinski definition) is 5. The van der Waals surface area contributed by atoms with E-state index >= 15 is 0 Å². The molecule has 2 aromatic carbocycles. The van der Waals surface area contributed by atoms with Crippen molar-refractivity contribution in [2.45, 2.75) is 19.6 Å². The maximum Gasteiger partial charge on any atom is 0.251 e. The molecular formula is C26H21Cl2FN4O2. The third kappa shape index (κ3) is 5.70. The molecule has 0 aliphatic rings. The van der Waals surface area contributed by atoms with Crippen LogP contribution in [0.2, 0.25) is 10.0 Å². The number of carbonyl (C=O) groups excluding carboxylic acids is 1. The van der Waals surface area contributed by atoms with Crippen LogP contribution in [0.1, 0.15) is 34.5 Å². The Kier molecular flexibility index (Phi) is 7.48. The smallest absolute Gasteiger partial charge is 0.251 e. The van der Waals surface area contributed by atoms with Crippen LogP contribution in [0, 0.1) is 5.82 Å². The number of rotatable bonds is 7. The summed E-state index contributed by atoms with van der Waals surface area (Å²) in [4.78, 5) is 20.7. The molecule has 178 valence electrons. The fraction of sp³-hybridized carbons (Fsp3) is 0.115. The largest absolute Gasteiger partial charge is 0.482 e. The second-order valence-corrected chi connectivity index (χ2v) is 8.52. The molecule has 0 bridgehead atoms. The minimum Gasteiger partial charge on any atom is -0.482 e. The number of nitrogens with zero attached hydrogens (tertiary/aromatic N) is 2. The summed E-state index contributed by atoms with van der Waals surface area (Å²) in [7, 11) is 0. The van der Waals surface area contributed by atoms with Gasteiger partial charge in [-0.15, -0.1) is 0 Å². The van der Waals surface area contributed by atoms with Gasteiger partial charge in [-0.2, -0.15) is 0 Å². The lowest BCUT2D eigenvalue weighted by atomic mass is 10.0. The van der Waals surface area contributed by atoms with E-state index in [1.54, 1.807) is 43.7 Å². The second kappa shape index (κ2) is 10.7. The molecular weight excluding hydrogens is 490 g/mol. The Balaban J connectivity index is 1.49. The molecule has 1 amide bonds. The number of halogens is 3. The van der Waals surface area contributed by atoms with Crippen LogP contribution in [0.25, 0.3) is 11.1 Å². The molecule has 1 unspecified atom stereocenters. The highest BCUT2D eigenvalue weighted by atomic mass is 35.5. The van der Waals surface area contributed by atoms with E-state index in [1.165, 1.54) is 12.1 Å². The van der Waals surface area contributed by atoms with E-state index in [0.717, 1.165) is 16.7 Å². The highest BCUT2D eigenvalue weighted by Gasteiger charge is 2.20. The van der Waals surface area contributed by atoms with E-state index in [9.17, 15) is 9.18 Å². The summed E-state index contributed by atoms with van der Waals surface area (Å²) in [6, 6.07) is 15.1. The number of carbonyl (C=O) groups is 1. The standard InChI is InChI=1S/C26H21Cl2FN4O2/c1-15(23-20(27)6-7-21(29)24(23)28)35-22-12-19(14-32-25(22)30)17-2-4-18(5-3-17)26(34)33-13-16-8-10-31-11-9-16/h2-12,14-15H,13H2,1H3,(H2,30,32)(H,33,34). The van der Waals surface area contributed by atoms with Gasteiger partial charge >= 0.3 is 0 Å². The van der Waals surface area contributed by atoms with Crippen molar-refractivity contribution in [1.82, 2.24) is 15.3 Å². The van der Waals surface area contributed by atoms with E-state index in [2.05, 4.69) is 15.3 Å². The van der Waals surface area contributed by atoms with Crippen LogP contribution in [0.15, 0.2) is 73.2 Å². The van der Waals surface area contributed by atoms with Crippen molar-refractivity contribution in [2.24, 2.45) is 0 Å². The summed E-state index contributed by atoms with van der Waals surface area (Å²) in [5.41, 5.74) is 9.34. The maximum atomic E-state index is 13.9. The zero-order valence-corrected chi connectivity index (χ0v) is 20.1. The van der Waals surface area contributed by atoms with Gasteiger partial charge in [-0.25, -0.2) is 9.37 Å². The molecule has 0 radical (unpaired) electrons. The number of ether oxygens (including phenoxy) is 1. The molecule has 9 heteroatoms. The molecule has 6 nitrogen and oxygen atoms in total. The third-order valence-corrected chi connectivity index (χ3v) is 6.07. The van der Waals surface area contributed by atoms with Gasteiger partial charge in [0.1, 0.15) is 11.9 Å². The van der Waals surface area contributed by atoms with Gasteiger partial charge in [0.25, 0.3) is 5.91 Å². The topological polar surface area (TPSA) is 90.1 Å². The van der Waals surface area contributed by atoms with Gasteiger partial charge in [0.15, 0.2) is 11.6 Å². The highest BCUT2D eigenvalue weighted by Crippen LogP contribution is 2.37. The lowest BCUT2D eigenvalue weighted by Crippen LogP contribution is -2.22. The molecule has 0 fully saturated rings. The average molecular weight is 511 g/mol. The van der Waals surface area contributed by atoms with E-state index in [0.29, 0.717) is 23.4 Å². The van der Waals surface area contributed by atoms with Crippen molar-refractivity contribution in [3.05, 3.63) is 106 Å². The zero-order chi connectivity index (χ0) is 24.9. The Morgan fingerprint density at radius 1 is 1.09 bits per heavy atom. The Morgan fingerprint density at radius 3 is 2.51 bits per heavy atom. The van der Waals surface area contributed by atoms with Crippen molar-refractivity contribution in [1.29, 1.82) is 0 Å². The van der Waals surface area contributed by atoms with Crippen molar-refractivity contribution in [2.75, 3.05) is 5.73 Å². The first-order chi connectivity index (χ1) is 16.8. The normalized spacial score (nSPS) is 11.7. The number of anilines is 1. The van der Waals surface area contributed by atoms with Crippen molar-refractivity contribution >= 4 is 34.9 Å². The summed E-state index contributed by atoms with van der Waals surface area (Å²) in [5.74, 6) is -0.321. The lowest BCUT2D eigenvalue weighted by molar-refractivity contribution is 0.0951. The zero-order valence-electron chi connectivity index (χ0n) is 18.6. The first-order valence-corrected chi connectivity index (χ1v) is 11.4. The molecule has 0 saturated heterocycles. The molecule has 4 aromatic rings. The molecule has 3 N–H and O–H groups in total. The summed E-state index contributed by atoms with van der Waals surface area (Å²) in [6.45, 7) is 2.10. The van der Waals surface area contributed by atoms with E-state index < -0.39 is 11.9 Å². The molecule has 0 aliphatic carbocycles. The molecule has 1 atom stereocenters. The number of amides is 1. The summed E-state index contributed by atoms with van der Waals surface area (Å²) in [6.07, 6.45) is 4.28. The average Bonchev–Trinajstić information content (AvgIpc) is 2.87. The number of pyridine rings is 2. The first-order valence-electron chi connectivity index (χ1n) is 10.7. The Hall–Kier alpha value is -3.68. The summed E-state index contributed by atoms with van der Waals surface area (Å²) in [5, 5.41) is 3.05. The van der Waals surface area contributed by atoms with Crippen LogP contribution in [0.3, 0.4) is 0 Å². The summed E-state index contributed by atoms with van der Waals surface area (Å²) < 4.78 is 19.9. The minimum atomic E-state index is -0.684. The Labute approximate surface area is 211 Å². The third-order valence-electron chi connectivity index (χ3n) is 5.35. The van der Waals surface area contributed by atoms with Crippen LogP contribution in [-0.4, -0.2) is 15.9 Å². The van der Waals surface area contributed by atoms with E-state index in [1.807, 2.05) is 24.3 Å². The molecule has 0 spiro atoms. The fourth-order valence-electron chi connectivity index (χ4n) is 3.47. The van der Waals surface area contributed by atoms with E-state index in [-0.39, 0.29) is 21.8 Å². The fourth-order valence-corrected chi connectivity index (χ4v) is 4.15. The van der Waals surface area contributed by atoms with Crippen molar-refractivity contribution in [3.8, 4) is 16.9 Å². The SMILES string of the molecule is CC(Oc1cc(-c2ccc(C(=O)NCc3ccncc3)cc2)cnc1N)c1c(Cl)ccc(F)c1Cl. The minimum absolute atomic E-state index is 0.106. The molecule has 2 aromatic heterocycles. The maximum absolute atomic E-state index is 13.9. The highest BCUT2D eigenvalue weighted by molar-refractivity contribution is 6.36. The number of nitrogens with two attached hydrogens (primary N) is 1. The number of benzene rings is 2. The number of nitrogen functional groups attached to an aromatic ring is 1. The quantitative estimate of drug-likeness (QED) is 0.287. The predicted octanol–water partition coefficient (Wildman–Crippen LogP) is 6.24. The Morgan fingerprint density at radius 2 is 1.80 bits per heavy atom. The second-order valence-electron chi connectivity index (χ2n) is 7.74. The van der Waals surface area contributed by atoms with Crippen LogP contribution in [0.4, 0.5) is 10.2 Å². The van der Waals surface area contributed by atoms with Gasteiger partial charge < -0.3 is 15.8 Å². The van der Waals surface area contributed by atoms with Gasteiger partial charge in [0, 0.05) is 46.8 Å². The predicted molar refractivity (Wildman–Crippen MR) is 135 cm³/mol. The van der Waals surface area contributed by atoms with Gasteiger partial charge in [-0.1, -0.05) is 35.3 Å². The number of nitrogens with one attached hydrogen (secondary N) is 1. The van der Waals surface area contributed by atoms with Gasteiger partial charge in [-0.05, 0) is 60.5 Å². The monoisotopic (exact) mass is 510 g/mol. The molecule has 4 rings (SSSR count). The molecule has 0 saturated carbocycles. The Bertz CT molecular complexity index is 1350. The first kappa shape index (κ1) is 24.4. The molecule has 2 heterocycles. The van der Waals surface area contributed by atoms with Crippen molar-refractivity contribution in [3.63, 3.8) is 0 Å². The molecule has 35 heavy (non-hydrogen) atoms. The van der Waals surface area contributed by atoms with Crippen molar-refractivity contribution < 1.29 is 13.9 Å². The van der Waals surface area contributed by atoms with Gasteiger partial charge in [-0.3, -0.25) is 9.78 Å². The van der Waals surface area contributed by atoms with Gasteiger partial charge in [0.2, 0.25) is 0 Å². The van der Waals surface area contributed by atoms with E-state index in [4.69, 9.17) is 33.7 Å². The summed E-state index contributed by atoms with van der Waals surface area (Å²) >= 11 is 12.3. The van der Waals surface area contributed by atoms with Gasteiger partial charge in [0.05, 0.1) is 5.02 Å². The lowest BCUT2D eigenvalue weighted by Gasteiger charge is -2.19.